The maximum absolute atomic E-state index is 14.1. The van der Waals surface area contributed by atoms with Gasteiger partial charge in [-0.2, -0.15) is 0 Å². The van der Waals surface area contributed by atoms with Crippen molar-refractivity contribution in [2.75, 3.05) is 54.4 Å². The number of unbranched alkanes of at least 4 members (excludes halogenated alkanes) is 2. The molecular weight excluding hydrogens is 768 g/mol. The van der Waals surface area contributed by atoms with Gasteiger partial charge in [0.2, 0.25) is 17.7 Å². The molecule has 0 aliphatic carbocycles. The van der Waals surface area contributed by atoms with Crippen LogP contribution in [0.2, 0.25) is 0 Å². The van der Waals surface area contributed by atoms with Crippen LogP contribution in [0.5, 0.6) is 0 Å². The topological polar surface area (TPSA) is 165 Å². The van der Waals surface area contributed by atoms with Crippen molar-refractivity contribution in [2.24, 2.45) is 0 Å². The normalized spacial score (nSPS) is 19.4. The Kier molecular flexibility index (Phi) is 10.7. The summed E-state index contributed by atoms with van der Waals surface area (Å²) in [7, 11) is 0. The number of nitrogens with one attached hydrogen (secondary N) is 2. The first kappa shape index (κ1) is 38.8. The first-order chi connectivity index (χ1) is 29.2. The zero-order chi connectivity index (χ0) is 41.3. The molecule has 60 heavy (non-hydrogen) atoms. The zero-order valence-corrected chi connectivity index (χ0v) is 33.1. The smallest absolute Gasteiger partial charge is 0.262 e. The number of anilines is 3. The third kappa shape index (κ3) is 7.64. The summed E-state index contributed by atoms with van der Waals surface area (Å²) in [5.74, 6) is -0.585. The minimum absolute atomic E-state index is 0.0457. The average Bonchev–Trinajstić information content (AvgIpc) is 3.99. The Hall–Kier alpha value is -6.71. The fourth-order valence-corrected chi connectivity index (χ4v) is 8.77. The van der Waals surface area contributed by atoms with Gasteiger partial charge in [0.25, 0.3) is 11.8 Å². The minimum atomic E-state index is -0.999. The van der Waals surface area contributed by atoms with Gasteiger partial charge in [0.15, 0.2) is 5.65 Å². The zero-order valence-electron chi connectivity index (χ0n) is 33.1. The number of imidazole rings is 1. The molecule has 1 unspecified atom stereocenters. The van der Waals surface area contributed by atoms with Gasteiger partial charge < -0.3 is 20.0 Å². The second kappa shape index (κ2) is 16.5. The Morgan fingerprint density at radius 1 is 0.817 bits per heavy atom. The van der Waals surface area contributed by atoms with Crippen LogP contribution in [-0.4, -0.2) is 104 Å². The van der Waals surface area contributed by atoms with E-state index in [0.717, 1.165) is 72.1 Å². The van der Waals surface area contributed by atoms with Crippen LogP contribution in [-0.2, 0) is 14.4 Å². The predicted molar refractivity (Wildman–Crippen MR) is 221 cm³/mol. The highest BCUT2D eigenvalue weighted by Crippen LogP contribution is 2.36. The predicted octanol–water partition coefficient (Wildman–Crippen LogP) is 4.99. The molecule has 2 atom stereocenters. The summed E-state index contributed by atoms with van der Waals surface area (Å²) >= 11 is 0. The molecule has 0 bridgehead atoms. The number of hydrogen-bond acceptors (Lipinski definition) is 11. The Labute approximate surface area is 345 Å². The number of rotatable bonds is 12. The van der Waals surface area contributed by atoms with E-state index in [0.29, 0.717) is 50.5 Å². The van der Waals surface area contributed by atoms with Gasteiger partial charge in [-0.3, -0.25) is 34.2 Å². The van der Waals surface area contributed by atoms with Gasteiger partial charge in [-0.25, -0.2) is 18.9 Å². The summed E-state index contributed by atoms with van der Waals surface area (Å²) in [6, 6.07) is 20.7. The SMILES string of the molecule is O=C1CCC(N2C(=O)c3ccc(NCCCCCC(=O)N4CCN(c5cccc(-c6cnc7ccc(N8CCC[C@@H]8c8cccc(F)c8)nn67)n5)CC4)cc3C2=O)C(=O)N1. The second-order valence-electron chi connectivity index (χ2n) is 15.7. The van der Waals surface area contributed by atoms with Crippen LogP contribution in [0.25, 0.3) is 17.0 Å². The molecule has 2 N–H and O–H groups in total. The van der Waals surface area contributed by atoms with E-state index in [9.17, 15) is 28.4 Å². The Morgan fingerprint density at radius 2 is 1.65 bits per heavy atom. The summed E-state index contributed by atoms with van der Waals surface area (Å²) in [5, 5.41) is 10.5. The summed E-state index contributed by atoms with van der Waals surface area (Å²) in [6.07, 6.45) is 6.75. The van der Waals surface area contributed by atoms with Gasteiger partial charge in [-0.1, -0.05) is 24.6 Å². The van der Waals surface area contributed by atoms with E-state index < -0.39 is 29.7 Å². The van der Waals surface area contributed by atoms with Crippen LogP contribution >= 0.6 is 0 Å². The third-order valence-corrected chi connectivity index (χ3v) is 11.9. The van der Waals surface area contributed by atoms with Crippen molar-refractivity contribution in [3.05, 3.63) is 102 Å². The molecule has 3 fully saturated rings. The number of amides is 5. The monoisotopic (exact) mass is 812 g/mol. The molecule has 2 aromatic carbocycles. The molecule has 0 saturated carbocycles. The lowest BCUT2D eigenvalue weighted by atomic mass is 10.0. The summed E-state index contributed by atoms with van der Waals surface area (Å²) in [4.78, 5) is 80.1. The van der Waals surface area contributed by atoms with E-state index in [1.54, 1.807) is 36.5 Å². The average molecular weight is 813 g/mol. The number of halogens is 1. The van der Waals surface area contributed by atoms with Gasteiger partial charge in [-0.05, 0) is 92.3 Å². The molecule has 0 radical (unpaired) electrons. The first-order valence-electron chi connectivity index (χ1n) is 20.7. The lowest BCUT2D eigenvalue weighted by Crippen LogP contribution is -2.54. The molecule has 3 saturated heterocycles. The highest BCUT2D eigenvalue weighted by atomic mass is 19.1. The van der Waals surface area contributed by atoms with Crippen molar-refractivity contribution in [1.82, 2.24) is 34.7 Å². The van der Waals surface area contributed by atoms with E-state index >= 15 is 0 Å². The quantitative estimate of drug-likeness (QED) is 0.129. The van der Waals surface area contributed by atoms with Gasteiger partial charge in [-0.15, -0.1) is 5.10 Å². The number of pyridine rings is 1. The fourth-order valence-electron chi connectivity index (χ4n) is 8.77. The largest absolute Gasteiger partial charge is 0.385 e. The minimum Gasteiger partial charge on any atom is -0.385 e. The number of piperazine rings is 1. The highest BCUT2D eigenvalue weighted by molar-refractivity contribution is 6.23. The van der Waals surface area contributed by atoms with Crippen molar-refractivity contribution in [1.29, 1.82) is 0 Å². The first-order valence-corrected chi connectivity index (χ1v) is 20.7. The molecule has 0 spiro atoms. The van der Waals surface area contributed by atoms with E-state index in [1.807, 2.05) is 45.8 Å². The van der Waals surface area contributed by atoms with Crippen molar-refractivity contribution in [3.8, 4) is 11.4 Å². The highest BCUT2D eigenvalue weighted by Gasteiger charge is 2.44. The number of fused-ring (bicyclic) bond motifs is 2. The molecule has 4 aliphatic rings. The third-order valence-electron chi connectivity index (χ3n) is 11.9. The summed E-state index contributed by atoms with van der Waals surface area (Å²) in [5.41, 5.74) is 4.34. The standard InChI is InChI=1S/C44H45FN10O5/c45-29-8-4-7-28(25-29)34-10-6-20-53(34)39-17-16-37-47-27-36(55(37)50-39)33-9-5-11-38(48-33)51-21-23-52(24-22-51)41(57)12-2-1-3-19-46-30-13-14-31-32(26-30)44(60)54(43(31)59)35-15-18-40(56)49-42(35)58/h4-5,7-9,11,13-14,16-17,25-27,34-35,46H,1-3,6,10,12,15,18-24H2,(H,49,56,58)/t34-,35?/m1/s1. The lowest BCUT2D eigenvalue weighted by molar-refractivity contribution is -0.136. The molecule has 5 aromatic rings. The maximum Gasteiger partial charge on any atom is 0.262 e. The number of imide groups is 2. The second-order valence-corrected chi connectivity index (χ2v) is 15.7. The van der Waals surface area contributed by atoms with Crippen molar-refractivity contribution < 1.29 is 28.4 Å². The van der Waals surface area contributed by atoms with Crippen LogP contribution < -0.4 is 20.4 Å². The molecule has 5 amide bonds. The number of carbonyl (C=O) groups excluding carboxylic acids is 5. The fraction of sp³-hybridized carbons (Fsp3) is 0.364. The number of piperidine rings is 1. The number of carbonyl (C=O) groups is 5. The molecule has 4 aliphatic heterocycles. The van der Waals surface area contributed by atoms with Crippen LogP contribution in [0.3, 0.4) is 0 Å². The van der Waals surface area contributed by atoms with Gasteiger partial charge in [0.1, 0.15) is 29.2 Å². The Bertz CT molecular complexity index is 2500. The Morgan fingerprint density at radius 3 is 2.48 bits per heavy atom. The number of aromatic nitrogens is 4. The van der Waals surface area contributed by atoms with Crippen LogP contribution in [0, 0.1) is 5.82 Å². The van der Waals surface area contributed by atoms with Gasteiger partial charge in [0, 0.05) is 57.8 Å². The number of nitrogens with zero attached hydrogens (tertiary/aromatic N) is 8. The van der Waals surface area contributed by atoms with Crippen molar-refractivity contribution in [2.45, 2.75) is 63.5 Å². The molecular formula is C44H45FN10O5. The van der Waals surface area contributed by atoms with E-state index in [2.05, 4.69) is 25.4 Å². The van der Waals surface area contributed by atoms with Crippen LogP contribution in [0.1, 0.15) is 83.7 Å². The number of hydrogen-bond donors (Lipinski definition) is 2. The summed E-state index contributed by atoms with van der Waals surface area (Å²) < 4.78 is 15.9. The van der Waals surface area contributed by atoms with Crippen LogP contribution in [0.15, 0.2) is 79.0 Å². The van der Waals surface area contributed by atoms with Crippen LogP contribution in [0.4, 0.5) is 21.7 Å². The molecule has 15 nitrogen and oxygen atoms in total. The maximum atomic E-state index is 14.1. The molecule has 3 aromatic heterocycles. The molecule has 9 rings (SSSR count). The Balaban J connectivity index is 0.739. The number of benzene rings is 2. The van der Waals surface area contributed by atoms with E-state index in [-0.39, 0.29) is 41.7 Å². The van der Waals surface area contributed by atoms with E-state index in [4.69, 9.17) is 10.1 Å². The van der Waals surface area contributed by atoms with E-state index in [1.165, 1.54) is 6.07 Å². The molecule has 7 heterocycles. The van der Waals surface area contributed by atoms with Crippen molar-refractivity contribution >= 4 is 52.5 Å². The summed E-state index contributed by atoms with van der Waals surface area (Å²) in [6.45, 7) is 3.99. The van der Waals surface area contributed by atoms with Gasteiger partial charge >= 0.3 is 0 Å². The molecule has 308 valence electrons. The van der Waals surface area contributed by atoms with Gasteiger partial charge in [0.05, 0.1) is 29.1 Å². The molecule has 16 heteroatoms. The lowest BCUT2D eigenvalue weighted by Gasteiger charge is -2.35. The van der Waals surface area contributed by atoms with Crippen molar-refractivity contribution in [3.63, 3.8) is 0 Å².